The Morgan fingerprint density at radius 3 is 3.08 bits per heavy atom. The van der Waals surface area contributed by atoms with Crippen molar-refractivity contribution in [3.8, 4) is 0 Å². The Morgan fingerprint density at radius 1 is 1.58 bits per heavy atom. The molecule has 12 heavy (non-hydrogen) atoms. The molecule has 1 aromatic heterocycles. The molecule has 1 aliphatic heterocycles. The summed E-state index contributed by atoms with van der Waals surface area (Å²) in [6.45, 7) is 4.76. The van der Waals surface area contributed by atoms with Crippen LogP contribution in [0.5, 0.6) is 0 Å². The van der Waals surface area contributed by atoms with E-state index in [2.05, 4.69) is 27.0 Å². The van der Waals surface area contributed by atoms with Crippen LogP contribution in [0, 0.1) is 0 Å². The molecule has 0 saturated carbocycles. The number of nitrogens with zero attached hydrogens (tertiary/aromatic N) is 1. The summed E-state index contributed by atoms with van der Waals surface area (Å²) in [4.78, 5) is 4.34. The van der Waals surface area contributed by atoms with E-state index in [1.807, 2.05) is 20.0 Å². The number of ether oxygens (including phenoxy) is 1. The van der Waals surface area contributed by atoms with Gasteiger partial charge in [0, 0.05) is 16.2 Å². The minimum Gasteiger partial charge on any atom is -0.365 e. The lowest BCUT2D eigenvalue weighted by molar-refractivity contribution is -0.0101. The van der Waals surface area contributed by atoms with E-state index >= 15 is 0 Å². The minimum atomic E-state index is -0.212. The second-order valence-corrected chi connectivity index (χ2v) is 4.38. The summed E-state index contributed by atoms with van der Waals surface area (Å²) in [5, 5.41) is 0. The first-order chi connectivity index (χ1) is 5.59. The summed E-state index contributed by atoms with van der Waals surface area (Å²) in [5.74, 6) is 0. The summed E-state index contributed by atoms with van der Waals surface area (Å²) >= 11 is 3.38. The smallest absolute Gasteiger partial charge is 0.105 e. The van der Waals surface area contributed by atoms with Crippen LogP contribution in [0.4, 0.5) is 0 Å². The second kappa shape index (κ2) is 2.54. The van der Waals surface area contributed by atoms with E-state index in [1.54, 1.807) is 0 Å². The molecule has 0 unspecified atom stereocenters. The van der Waals surface area contributed by atoms with Gasteiger partial charge in [0.2, 0.25) is 0 Å². The van der Waals surface area contributed by atoms with Crippen LogP contribution in [0.2, 0.25) is 0 Å². The van der Waals surface area contributed by atoms with Crippen LogP contribution in [0.25, 0.3) is 0 Å². The van der Waals surface area contributed by atoms with E-state index in [0.717, 1.165) is 10.2 Å². The molecule has 0 bridgehead atoms. The third kappa shape index (κ3) is 1.17. The fraction of sp³-hybridized carbons (Fsp3) is 0.444. The summed E-state index contributed by atoms with van der Waals surface area (Å²) in [6, 6.07) is 2.07. The summed E-state index contributed by atoms with van der Waals surface area (Å²) < 4.78 is 6.60. The Bertz CT molecular complexity index is 322. The van der Waals surface area contributed by atoms with Gasteiger partial charge in [-0.2, -0.15) is 0 Å². The van der Waals surface area contributed by atoms with Gasteiger partial charge in [0.1, 0.15) is 5.60 Å². The van der Waals surface area contributed by atoms with Gasteiger partial charge in [0.25, 0.3) is 0 Å². The maximum absolute atomic E-state index is 5.58. The van der Waals surface area contributed by atoms with Gasteiger partial charge in [-0.3, -0.25) is 4.98 Å². The molecule has 0 spiro atoms. The predicted octanol–water partition coefficient (Wildman–Crippen LogP) is 2.61. The van der Waals surface area contributed by atoms with E-state index in [4.69, 9.17) is 4.74 Å². The first-order valence-electron chi connectivity index (χ1n) is 3.88. The lowest BCUT2D eigenvalue weighted by Gasteiger charge is -2.16. The molecule has 0 amide bonds. The highest BCUT2D eigenvalue weighted by molar-refractivity contribution is 9.10. The summed E-state index contributed by atoms with van der Waals surface area (Å²) in [5.41, 5.74) is 2.04. The van der Waals surface area contributed by atoms with Gasteiger partial charge in [-0.05, 0) is 35.8 Å². The van der Waals surface area contributed by atoms with Gasteiger partial charge in [-0.15, -0.1) is 0 Å². The van der Waals surface area contributed by atoms with Crippen LogP contribution in [-0.2, 0) is 16.9 Å². The Balaban J connectivity index is 2.55. The van der Waals surface area contributed by atoms with Gasteiger partial charge in [-0.1, -0.05) is 0 Å². The Labute approximate surface area is 80.1 Å². The van der Waals surface area contributed by atoms with Crippen molar-refractivity contribution < 1.29 is 4.74 Å². The average Bonchev–Trinajstić information content (AvgIpc) is 2.27. The zero-order valence-electron chi connectivity index (χ0n) is 7.10. The second-order valence-electron chi connectivity index (χ2n) is 3.46. The Hall–Kier alpha value is -0.410. The molecule has 0 radical (unpaired) electrons. The zero-order chi connectivity index (χ0) is 8.77. The molecule has 2 rings (SSSR count). The fourth-order valence-electron chi connectivity index (χ4n) is 1.46. The van der Waals surface area contributed by atoms with Crippen molar-refractivity contribution in [1.82, 2.24) is 4.98 Å². The summed E-state index contributed by atoms with van der Waals surface area (Å²) in [6.07, 6.45) is 1.81. The molecule has 0 N–H and O–H groups in total. The molecule has 0 aromatic carbocycles. The highest BCUT2D eigenvalue weighted by Crippen LogP contribution is 2.34. The van der Waals surface area contributed by atoms with Crippen LogP contribution in [0.3, 0.4) is 0 Å². The SMILES string of the molecule is CC1(C)OCc2cc(Br)cnc21. The lowest BCUT2D eigenvalue weighted by Crippen LogP contribution is -2.16. The maximum atomic E-state index is 5.58. The van der Waals surface area contributed by atoms with Crippen LogP contribution in [-0.4, -0.2) is 4.98 Å². The van der Waals surface area contributed by atoms with Crippen LogP contribution in [0.1, 0.15) is 25.1 Å². The number of hydrogen-bond donors (Lipinski definition) is 0. The highest BCUT2D eigenvalue weighted by atomic mass is 79.9. The number of halogens is 1. The monoisotopic (exact) mass is 227 g/mol. The van der Waals surface area contributed by atoms with Gasteiger partial charge >= 0.3 is 0 Å². The predicted molar refractivity (Wildman–Crippen MR) is 49.8 cm³/mol. The van der Waals surface area contributed by atoms with Crippen LogP contribution >= 0.6 is 15.9 Å². The van der Waals surface area contributed by atoms with Crippen molar-refractivity contribution in [3.63, 3.8) is 0 Å². The zero-order valence-corrected chi connectivity index (χ0v) is 8.68. The van der Waals surface area contributed by atoms with E-state index in [1.165, 1.54) is 5.56 Å². The van der Waals surface area contributed by atoms with E-state index in [-0.39, 0.29) is 5.60 Å². The molecule has 1 aromatic rings. The van der Waals surface area contributed by atoms with Crippen molar-refractivity contribution in [3.05, 3.63) is 28.0 Å². The van der Waals surface area contributed by atoms with E-state index < -0.39 is 0 Å². The number of pyridine rings is 1. The average molecular weight is 228 g/mol. The number of aromatic nitrogens is 1. The molecular weight excluding hydrogens is 218 g/mol. The van der Waals surface area contributed by atoms with Crippen molar-refractivity contribution in [2.75, 3.05) is 0 Å². The molecular formula is C9H10BrNO. The van der Waals surface area contributed by atoms with Crippen molar-refractivity contribution >= 4 is 15.9 Å². The molecule has 1 aliphatic rings. The van der Waals surface area contributed by atoms with Gasteiger partial charge < -0.3 is 4.74 Å². The standard InChI is InChI=1S/C9H10BrNO/c1-9(2)8-6(5-12-9)3-7(10)4-11-8/h3-4H,5H2,1-2H3. The molecule has 64 valence electrons. The molecule has 0 saturated heterocycles. The van der Waals surface area contributed by atoms with Crippen LogP contribution < -0.4 is 0 Å². The van der Waals surface area contributed by atoms with E-state index in [9.17, 15) is 0 Å². The van der Waals surface area contributed by atoms with Gasteiger partial charge in [0.05, 0.1) is 12.3 Å². The maximum Gasteiger partial charge on any atom is 0.105 e. The summed E-state index contributed by atoms with van der Waals surface area (Å²) in [7, 11) is 0. The first kappa shape index (κ1) is 8.20. The fourth-order valence-corrected chi connectivity index (χ4v) is 1.84. The van der Waals surface area contributed by atoms with Gasteiger partial charge in [0.15, 0.2) is 0 Å². The molecule has 2 heterocycles. The van der Waals surface area contributed by atoms with Crippen molar-refractivity contribution in [2.24, 2.45) is 0 Å². The van der Waals surface area contributed by atoms with Crippen molar-refractivity contribution in [2.45, 2.75) is 26.1 Å². The topological polar surface area (TPSA) is 22.1 Å². The minimum absolute atomic E-state index is 0.212. The third-order valence-electron chi connectivity index (χ3n) is 2.09. The molecule has 0 aliphatic carbocycles. The normalized spacial score (nSPS) is 19.2. The number of rotatable bonds is 0. The van der Waals surface area contributed by atoms with Gasteiger partial charge in [-0.25, -0.2) is 0 Å². The van der Waals surface area contributed by atoms with Crippen LogP contribution in [0.15, 0.2) is 16.7 Å². The van der Waals surface area contributed by atoms with E-state index in [0.29, 0.717) is 6.61 Å². The quantitative estimate of drug-likeness (QED) is 0.680. The Morgan fingerprint density at radius 2 is 2.33 bits per heavy atom. The Kier molecular flexibility index (Phi) is 1.73. The number of fused-ring (bicyclic) bond motifs is 1. The first-order valence-corrected chi connectivity index (χ1v) is 4.68. The molecule has 3 heteroatoms. The molecule has 0 fully saturated rings. The lowest BCUT2D eigenvalue weighted by atomic mass is 10.0. The largest absolute Gasteiger partial charge is 0.365 e. The number of hydrogen-bond acceptors (Lipinski definition) is 2. The third-order valence-corrected chi connectivity index (χ3v) is 2.53. The molecule has 2 nitrogen and oxygen atoms in total. The molecule has 0 atom stereocenters. The van der Waals surface area contributed by atoms with Crippen molar-refractivity contribution in [1.29, 1.82) is 0 Å². The highest BCUT2D eigenvalue weighted by Gasteiger charge is 2.32.